The Hall–Kier alpha value is -0.730. The second-order valence-electron chi connectivity index (χ2n) is 6.27. The standard InChI is InChI=1S/C16H22ClFN2O3S/c17-15-11-14(4-5-16(15)18)24(21,22)20-8-6-19(7-9-20)12-13-3-1-2-10-23-13/h4-5,11,13H,1-3,6-10,12H2/t13-/m0/s1. The SMILES string of the molecule is O=S(=O)(c1ccc(F)c(Cl)c1)N1CCN(C[C@@H]2CCCCO2)CC1. The highest BCUT2D eigenvalue weighted by atomic mass is 35.5. The lowest BCUT2D eigenvalue weighted by Crippen LogP contribution is -2.50. The smallest absolute Gasteiger partial charge is 0.243 e. The largest absolute Gasteiger partial charge is 0.377 e. The number of benzene rings is 1. The van der Waals surface area contributed by atoms with Gasteiger partial charge in [0.15, 0.2) is 0 Å². The monoisotopic (exact) mass is 376 g/mol. The van der Waals surface area contributed by atoms with Gasteiger partial charge in [-0.15, -0.1) is 0 Å². The first-order chi connectivity index (χ1) is 11.5. The van der Waals surface area contributed by atoms with Crippen LogP contribution in [0.2, 0.25) is 5.02 Å². The zero-order valence-corrected chi connectivity index (χ0v) is 15.0. The van der Waals surface area contributed by atoms with Crippen molar-refractivity contribution in [3.63, 3.8) is 0 Å². The van der Waals surface area contributed by atoms with Crippen LogP contribution < -0.4 is 0 Å². The van der Waals surface area contributed by atoms with Crippen molar-refractivity contribution in [2.75, 3.05) is 39.3 Å². The second kappa shape index (κ2) is 7.66. The molecule has 8 heteroatoms. The minimum atomic E-state index is -3.63. The molecule has 1 atom stereocenters. The summed E-state index contributed by atoms with van der Waals surface area (Å²) < 4.78 is 45.7. The van der Waals surface area contributed by atoms with E-state index in [0.29, 0.717) is 26.2 Å². The van der Waals surface area contributed by atoms with Crippen molar-refractivity contribution in [1.82, 2.24) is 9.21 Å². The van der Waals surface area contributed by atoms with Crippen LogP contribution in [0.3, 0.4) is 0 Å². The number of ether oxygens (including phenoxy) is 1. The van der Waals surface area contributed by atoms with Crippen LogP contribution in [0.4, 0.5) is 4.39 Å². The fraction of sp³-hybridized carbons (Fsp3) is 0.625. The van der Waals surface area contributed by atoms with Crippen LogP contribution in [-0.4, -0.2) is 63.1 Å². The minimum Gasteiger partial charge on any atom is -0.377 e. The minimum absolute atomic E-state index is 0.0398. The number of nitrogens with zero attached hydrogens (tertiary/aromatic N) is 2. The Labute approximate surface area is 147 Å². The van der Waals surface area contributed by atoms with Gasteiger partial charge in [-0.1, -0.05) is 11.6 Å². The van der Waals surface area contributed by atoms with E-state index in [1.807, 2.05) is 0 Å². The summed E-state index contributed by atoms with van der Waals surface area (Å²) in [5.41, 5.74) is 0. The van der Waals surface area contributed by atoms with Crippen LogP contribution in [0.5, 0.6) is 0 Å². The lowest BCUT2D eigenvalue weighted by molar-refractivity contribution is -0.0103. The van der Waals surface area contributed by atoms with Gasteiger partial charge < -0.3 is 4.74 Å². The van der Waals surface area contributed by atoms with Gasteiger partial charge in [0, 0.05) is 39.3 Å². The van der Waals surface area contributed by atoms with Crippen molar-refractivity contribution >= 4 is 21.6 Å². The molecule has 0 saturated carbocycles. The van der Waals surface area contributed by atoms with E-state index in [4.69, 9.17) is 16.3 Å². The molecular formula is C16H22ClFN2O3S. The van der Waals surface area contributed by atoms with Gasteiger partial charge in [0.1, 0.15) is 5.82 Å². The molecule has 1 aromatic rings. The van der Waals surface area contributed by atoms with Gasteiger partial charge in [0.25, 0.3) is 0 Å². The maximum Gasteiger partial charge on any atom is 0.243 e. The number of sulfonamides is 1. The van der Waals surface area contributed by atoms with E-state index >= 15 is 0 Å². The van der Waals surface area contributed by atoms with Crippen molar-refractivity contribution in [3.05, 3.63) is 29.0 Å². The summed E-state index contributed by atoms with van der Waals surface area (Å²) >= 11 is 5.71. The highest BCUT2D eigenvalue weighted by Gasteiger charge is 2.30. The Balaban J connectivity index is 1.59. The van der Waals surface area contributed by atoms with E-state index in [0.717, 1.165) is 32.1 Å². The van der Waals surface area contributed by atoms with E-state index in [9.17, 15) is 12.8 Å². The average Bonchev–Trinajstić information content (AvgIpc) is 2.58. The van der Waals surface area contributed by atoms with Gasteiger partial charge in [-0.25, -0.2) is 12.8 Å². The quantitative estimate of drug-likeness (QED) is 0.809. The Morgan fingerprint density at radius 3 is 2.58 bits per heavy atom. The molecule has 2 heterocycles. The Morgan fingerprint density at radius 2 is 1.96 bits per heavy atom. The number of hydrogen-bond acceptors (Lipinski definition) is 4. The van der Waals surface area contributed by atoms with Crippen molar-refractivity contribution < 1.29 is 17.5 Å². The molecule has 0 aliphatic carbocycles. The van der Waals surface area contributed by atoms with Crippen LogP contribution in [-0.2, 0) is 14.8 Å². The summed E-state index contributed by atoms with van der Waals surface area (Å²) in [7, 11) is -3.63. The first kappa shape index (κ1) is 18.1. The molecule has 2 fully saturated rings. The maximum atomic E-state index is 13.2. The van der Waals surface area contributed by atoms with Gasteiger partial charge in [-0.05, 0) is 37.5 Å². The average molecular weight is 377 g/mol. The summed E-state index contributed by atoms with van der Waals surface area (Å²) in [5.74, 6) is -0.618. The maximum absolute atomic E-state index is 13.2. The predicted octanol–water partition coefficient (Wildman–Crippen LogP) is 2.35. The molecule has 0 amide bonds. The fourth-order valence-electron chi connectivity index (χ4n) is 3.18. The highest BCUT2D eigenvalue weighted by molar-refractivity contribution is 7.89. The zero-order chi connectivity index (χ0) is 17.2. The summed E-state index contributed by atoms with van der Waals surface area (Å²) in [6, 6.07) is 3.53. The molecule has 2 aliphatic rings. The summed E-state index contributed by atoms with van der Waals surface area (Å²) in [5, 5.41) is -0.177. The molecular weight excluding hydrogens is 355 g/mol. The molecule has 0 N–H and O–H groups in total. The van der Waals surface area contributed by atoms with Crippen LogP contribution in [0, 0.1) is 5.82 Å². The predicted molar refractivity (Wildman–Crippen MR) is 90.2 cm³/mol. The summed E-state index contributed by atoms with van der Waals surface area (Å²) in [6.45, 7) is 3.87. The van der Waals surface area contributed by atoms with E-state index in [2.05, 4.69) is 4.90 Å². The molecule has 1 aromatic carbocycles. The van der Waals surface area contributed by atoms with E-state index in [1.165, 1.54) is 22.9 Å². The van der Waals surface area contributed by atoms with Crippen molar-refractivity contribution in [2.24, 2.45) is 0 Å². The van der Waals surface area contributed by atoms with Crippen LogP contribution in [0.15, 0.2) is 23.1 Å². The number of hydrogen-bond donors (Lipinski definition) is 0. The molecule has 0 radical (unpaired) electrons. The Kier molecular flexibility index (Phi) is 5.77. The first-order valence-corrected chi connectivity index (χ1v) is 10.1. The van der Waals surface area contributed by atoms with Gasteiger partial charge in [-0.3, -0.25) is 4.90 Å². The third-order valence-electron chi connectivity index (χ3n) is 4.60. The lowest BCUT2D eigenvalue weighted by atomic mass is 10.1. The van der Waals surface area contributed by atoms with Crippen molar-refractivity contribution in [1.29, 1.82) is 0 Å². The zero-order valence-electron chi connectivity index (χ0n) is 13.5. The van der Waals surface area contributed by atoms with E-state index < -0.39 is 15.8 Å². The molecule has 0 aromatic heterocycles. The van der Waals surface area contributed by atoms with Gasteiger partial charge in [-0.2, -0.15) is 4.31 Å². The van der Waals surface area contributed by atoms with Gasteiger partial charge >= 0.3 is 0 Å². The second-order valence-corrected chi connectivity index (χ2v) is 8.61. The first-order valence-electron chi connectivity index (χ1n) is 8.26. The molecule has 0 unspecified atom stereocenters. The molecule has 0 spiro atoms. The Morgan fingerprint density at radius 1 is 1.21 bits per heavy atom. The molecule has 2 aliphatic heterocycles. The topological polar surface area (TPSA) is 49.9 Å². The normalized spacial score (nSPS) is 24.2. The van der Waals surface area contributed by atoms with Crippen LogP contribution >= 0.6 is 11.6 Å². The summed E-state index contributed by atoms with van der Waals surface area (Å²) in [6.07, 6.45) is 3.66. The molecule has 2 saturated heterocycles. The van der Waals surface area contributed by atoms with Gasteiger partial charge in [0.2, 0.25) is 10.0 Å². The Bertz CT molecular complexity index is 672. The number of rotatable bonds is 4. The molecule has 134 valence electrons. The number of halogens is 2. The molecule has 24 heavy (non-hydrogen) atoms. The van der Waals surface area contributed by atoms with E-state index in [-0.39, 0.29) is 16.0 Å². The van der Waals surface area contributed by atoms with Gasteiger partial charge in [0.05, 0.1) is 16.0 Å². The summed E-state index contributed by atoms with van der Waals surface area (Å²) in [4.78, 5) is 2.29. The number of piperazine rings is 1. The molecule has 3 rings (SSSR count). The van der Waals surface area contributed by atoms with Crippen molar-refractivity contribution in [2.45, 2.75) is 30.3 Å². The van der Waals surface area contributed by atoms with Crippen molar-refractivity contribution in [3.8, 4) is 0 Å². The fourth-order valence-corrected chi connectivity index (χ4v) is 4.87. The highest BCUT2D eigenvalue weighted by Crippen LogP contribution is 2.23. The lowest BCUT2D eigenvalue weighted by Gasteiger charge is -2.36. The molecule has 0 bridgehead atoms. The third kappa shape index (κ3) is 4.08. The van der Waals surface area contributed by atoms with Crippen LogP contribution in [0.25, 0.3) is 0 Å². The molecule has 5 nitrogen and oxygen atoms in total. The van der Waals surface area contributed by atoms with E-state index in [1.54, 1.807) is 0 Å². The van der Waals surface area contributed by atoms with Crippen LogP contribution in [0.1, 0.15) is 19.3 Å². The third-order valence-corrected chi connectivity index (χ3v) is 6.78.